The maximum atomic E-state index is 12.7. The van der Waals surface area contributed by atoms with Gasteiger partial charge in [0, 0.05) is 6.04 Å². The molecule has 0 fully saturated rings. The second-order valence-corrected chi connectivity index (χ2v) is 2.81. The van der Waals surface area contributed by atoms with Crippen molar-refractivity contribution in [2.75, 3.05) is 7.05 Å². The van der Waals surface area contributed by atoms with Crippen LogP contribution in [-0.2, 0) is 0 Å². The lowest BCUT2D eigenvalue weighted by molar-refractivity contribution is 0.442. The van der Waals surface area contributed by atoms with E-state index in [0.29, 0.717) is 5.56 Å². The minimum atomic E-state index is -1.42. The van der Waals surface area contributed by atoms with Gasteiger partial charge in [-0.15, -0.1) is 0 Å². The number of halogens is 3. The normalized spacial score (nSPS) is 13.0. The van der Waals surface area contributed by atoms with Crippen molar-refractivity contribution in [3.63, 3.8) is 0 Å². The number of hydrogen-bond acceptors (Lipinski definition) is 1. The van der Waals surface area contributed by atoms with E-state index in [4.69, 9.17) is 0 Å². The summed E-state index contributed by atoms with van der Waals surface area (Å²) < 4.78 is 37.9. The second kappa shape index (κ2) is 3.79. The van der Waals surface area contributed by atoms with Gasteiger partial charge in [0.1, 0.15) is 0 Å². The molecule has 0 aliphatic carbocycles. The fourth-order valence-electron chi connectivity index (χ4n) is 0.992. The van der Waals surface area contributed by atoms with Crippen molar-refractivity contribution in [3.8, 4) is 0 Å². The van der Waals surface area contributed by atoms with Gasteiger partial charge in [0.15, 0.2) is 17.5 Å². The Morgan fingerprint density at radius 1 is 1.15 bits per heavy atom. The zero-order valence-corrected chi connectivity index (χ0v) is 7.37. The lowest BCUT2D eigenvalue weighted by Crippen LogP contribution is -2.13. The molecule has 1 aromatic carbocycles. The SMILES string of the molecule is CNC(C)c1cc(F)c(F)c(F)c1. The summed E-state index contributed by atoms with van der Waals surface area (Å²) in [5.74, 6) is -3.73. The van der Waals surface area contributed by atoms with E-state index >= 15 is 0 Å². The van der Waals surface area contributed by atoms with E-state index in [9.17, 15) is 13.2 Å². The monoisotopic (exact) mass is 189 g/mol. The molecule has 0 aromatic heterocycles. The van der Waals surface area contributed by atoms with Gasteiger partial charge < -0.3 is 5.32 Å². The topological polar surface area (TPSA) is 12.0 Å². The molecule has 1 unspecified atom stereocenters. The number of hydrogen-bond donors (Lipinski definition) is 1. The Balaban J connectivity index is 3.13. The summed E-state index contributed by atoms with van der Waals surface area (Å²) in [6, 6.07) is 1.77. The highest BCUT2D eigenvalue weighted by Crippen LogP contribution is 2.18. The largest absolute Gasteiger partial charge is 0.313 e. The Kier molecular flexibility index (Phi) is 2.93. The van der Waals surface area contributed by atoms with Gasteiger partial charge in [-0.05, 0) is 31.7 Å². The molecule has 72 valence electrons. The van der Waals surface area contributed by atoms with Crippen LogP contribution in [0.5, 0.6) is 0 Å². The highest BCUT2D eigenvalue weighted by molar-refractivity contribution is 5.22. The lowest BCUT2D eigenvalue weighted by Gasteiger charge is -2.10. The van der Waals surface area contributed by atoms with Crippen LogP contribution in [-0.4, -0.2) is 7.05 Å². The van der Waals surface area contributed by atoms with Gasteiger partial charge in [-0.25, -0.2) is 13.2 Å². The standard InChI is InChI=1S/C9H10F3N/c1-5(13-2)6-3-7(10)9(12)8(11)4-6/h3-5,13H,1-2H3. The van der Waals surface area contributed by atoms with Crippen LogP contribution < -0.4 is 5.32 Å². The molecule has 13 heavy (non-hydrogen) atoms. The average molecular weight is 189 g/mol. The summed E-state index contributed by atoms with van der Waals surface area (Å²) in [6.07, 6.45) is 0. The van der Waals surface area contributed by atoms with Crippen molar-refractivity contribution in [2.24, 2.45) is 0 Å². The molecule has 1 aromatic rings. The predicted octanol–water partition coefficient (Wildman–Crippen LogP) is 2.38. The molecule has 4 heteroatoms. The van der Waals surface area contributed by atoms with Gasteiger partial charge in [0.2, 0.25) is 0 Å². The van der Waals surface area contributed by atoms with Crippen LogP contribution in [0.3, 0.4) is 0 Å². The minimum absolute atomic E-state index is 0.204. The van der Waals surface area contributed by atoms with Crippen molar-refractivity contribution in [2.45, 2.75) is 13.0 Å². The summed E-state index contributed by atoms with van der Waals surface area (Å²) >= 11 is 0. The molecule has 0 bridgehead atoms. The van der Waals surface area contributed by atoms with Crippen LogP contribution in [0.4, 0.5) is 13.2 Å². The third-order valence-electron chi connectivity index (χ3n) is 1.94. The molecule has 1 rings (SSSR count). The number of rotatable bonds is 2. The van der Waals surface area contributed by atoms with Gasteiger partial charge >= 0.3 is 0 Å². The molecular formula is C9H10F3N. The second-order valence-electron chi connectivity index (χ2n) is 2.81. The Morgan fingerprint density at radius 2 is 1.62 bits per heavy atom. The van der Waals surface area contributed by atoms with E-state index in [1.807, 2.05) is 0 Å². The van der Waals surface area contributed by atoms with Crippen molar-refractivity contribution in [1.29, 1.82) is 0 Å². The molecular weight excluding hydrogens is 179 g/mol. The molecule has 0 saturated heterocycles. The van der Waals surface area contributed by atoms with Gasteiger partial charge in [0.05, 0.1) is 0 Å². The van der Waals surface area contributed by atoms with Crippen LogP contribution >= 0.6 is 0 Å². The molecule has 1 nitrogen and oxygen atoms in total. The number of nitrogens with one attached hydrogen (secondary N) is 1. The summed E-state index contributed by atoms with van der Waals surface area (Å²) in [4.78, 5) is 0. The average Bonchev–Trinajstić information content (AvgIpc) is 2.12. The molecule has 1 atom stereocenters. The van der Waals surface area contributed by atoms with Crippen LogP contribution in [0.25, 0.3) is 0 Å². The molecule has 0 aliphatic rings. The van der Waals surface area contributed by atoms with Crippen molar-refractivity contribution >= 4 is 0 Å². The van der Waals surface area contributed by atoms with E-state index in [0.717, 1.165) is 12.1 Å². The van der Waals surface area contributed by atoms with Gasteiger partial charge in [-0.3, -0.25) is 0 Å². The third-order valence-corrected chi connectivity index (χ3v) is 1.94. The van der Waals surface area contributed by atoms with Crippen LogP contribution in [0.15, 0.2) is 12.1 Å². The Morgan fingerprint density at radius 3 is 2.00 bits per heavy atom. The molecule has 0 heterocycles. The van der Waals surface area contributed by atoms with Gasteiger partial charge in [-0.1, -0.05) is 0 Å². The number of benzene rings is 1. The smallest absolute Gasteiger partial charge is 0.194 e. The van der Waals surface area contributed by atoms with Crippen molar-refractivity contribution in [1.82, 2.24) is 5.32 Å². The first-order valence-corrected chi connectivity index (χ1v) is 3.88. The molecule has 0 saturated carbocycles. The van der Waals surface area contributed by atoms with Crippen LogP contribution in [0.1, 0.15) is 18.5 Å². The van der Waals surface area contributed by atoms with Crippen molar-refractivity contribution < 1.29 is 13.2 Å². The van der Waals surface area contributed by atoms with E-state index in [2.05, 4.69) is 5.32 Å². The molecule has 0 aliphatic heterocycles. The van der Waals surface area contributed by atoms with E-state index in [1.54, 1.807) is 14.0 Å². The Hall–Kier alpha value is -1.03. The summed E-state index contributed by atoms with van der Waals surface area (Å²) in [5.41, 5.74) is 0.388. The first-order chi connectivity index (χ1) is 6.06. The van der Waals surface area contributed by atoms with Crippen molar-refractivity contribution in [3.05, 3.63) is 35.1 Å². The maximum absolute atomic E-state index is 12.7. The molecule has 1 N–H and O–H groups in total. The zero-order valence-electron chi connectivity index (χ0n) is 7.37. The maximum Gasteiger partial charge on any atom is 0.194 e. The first-order valence-electron chi connectivity index (χ1n) is 3.88. The van der Waals surface area contributed by atoms with Crippen LogP contribution in [0.2, 0.25) is 0 Å². The Labute approximate surface area is 74.6 Å². The predicted molar refractivity (Wildman–Crippen MR) is 43.8 cm³/mol. The van der Waals surface area contributed by atoms with E-state index in [1.165, 1.54) is 0 Å². The van der Waals surface area contributed by atoms with Gasteiger partial charge in [-0.2, -0.15) is 0 Å². The lowest BCUT2D eigenvalue weighted by atomic mass is 10.1. The summed E-state index contributed by atoms with van der Waals surface area (Å²) in [6.45, 7) is 1.73. The van der Waals surface area contributed by atoms with Crippen LogP contribution in [0, 0.1) is 17.5 Å². The fraction of sp³-hybridized carbons (Fsp3) is 0.333. The van der Waals surface area contributed by atoms with E-state index < -0.39 is 17.5 Å². The van der Waals surface area contributed by atoms with E-state index in [-0.39, 0.29) is 6.04 Å². The third kappa shape index (κ3) is 2.01. The highest BCUT2D eigenvalue weighted by atomic mass is 19.2. The fourth-order valence-corrected chi connectivity index (χ4v) is 0.992. The molecule has 0 spiro atoms. The summed E-state index contributed by atoms with van der Waals surface area (Å²) in [5, 5.41) is 2.80. The zero-order chi connectivity index (χ0) is 10.0. The van der Waals surface area contributed by atoms with Gasteiger partial charge in [0.25, 0.3) is 0 Å². The molecule has 0 radical (unpaired) electrons. The highest BCUT2D eigenvalue weighted by Gasteiger charge is 2.12. The Bertz CT molecular complexity index is 289. The first kappa shape index (κ1) is 10.1. The molecule has 0 amide bonds. The quantitative estimate of drug-likeness (QED) is 0.704. The minimum Gasteiger partial charge on any atom is -0.313 e. The summed E-state index contributed by atoms with van der Waals surface area (Å²) in [7, 11) is 1.66.